The summed E-state index contributed by atoms with van der Waals surface area (Å²) in [6.45, 7) is 2.00. The van der Waals surface area contributed by atoms with Crippen LogP contribution in [0.3, 0.4) is 0 Å². The molecule has 0 spiro atoms. The van der Waals surface area contributed by atoms with Crippen molar-refractivity contribution in [3.05, 3.63) is 59.7 Å². The number of hydrogen-bond donors (Lipinski definition) is 0. The first kappa shape index (κ1) is 17.2. The number of carbonyl (C=O) groups is 1. The average molecular weight is 353 g/mol. The van der Waals surface area contributed by atoms with Gasteiger partial charge in [0, 0.05) is 18.2 Å². The highest BCUT2D eigenvalue weighted by atomic mass is 32.2. The Labute approximate surface area is 151 Å². The van der Waals surface area contributed by atoms with Crippen molar-refractivity contribution < 1.29 is 9.53 Å². The van der Waals surface area contributed by atoms with Gasteiger partial charge >= 0.3 is 0 Å². The summed E-state index contributed by atoms with van der Waals surface area (Å²) in [5, 5.41) is 9.17. The van der Waals surface area contributed by atoms with Crippen LogP contribution in [-0.2, 0) is 7.05 Å². The van der Waals surface area contributed by atoms with Crippen LogP contribution in [0.5, 0.6) is 5.75 Å². The van der Waals surface area contributed by atoms with Gasteiger partial charge in [-0.25, -0.2) is 0 Å². The van der Waals surface area contributed by atoms with Gasteiger partial charge in [0.15, 0.2) is 16.8 Å². The first-order chi connectivity index (χ1) is 12.1. The Morgan fingerprint density at radius 1 is 1.16 bits per heavy atom. The molecule has 0 atom stereocenters. The van der Waals surface area contributed by atoms with Crippen LogP contribution < -0.4 is 4.74 Å². The van der Waals surface area contributed by atoms with Crippen LogP contribution in [0.4, 0.5) is 0 Å². The van der Waals surface area contributed by atoms with Crippen LogP contribution in [0.15, 0.2) is 53.7 Å². The molecule has 128 valence electrons. The number of benzene rings is 2. The van der Waals surface area contributed by atoms with E-state index in [1.165, 1.54) is 11.8 Å². The van der Waals surface area contributed by atoms with E-state index in [9.17, 15) is 4.79 Å². The maximum Gasteiger partial charge on any atom is 0.191 e. The number of methoxy groups -OCH3 is 1. The molecule has 5 nitrogen and oxygen atoms in total. The second kappa shape index (κ2) is 7.53. The molecule has 0 N–H and O–H groups in total. The van der Waals surface area contributed by atoms with Gasteiger partial charge in [-0.3, -0.25) is 4.79 Å². The molecule has 0 amide bonds. The van der Waals surface area contributed by atoms with Crippen molar-refractivity contribution in [3.8, 4) is 17.1 Å². The van der Waals surface area contributed by atoms with E-state index in [-0.39, 0.29) is 5.78 Å². The van der Waals surface area contributed by atoms with Crippen molar-refractivity contribution in [2.75, 3.05) is 12.9 Å². The third-order valence-corrected chi connectivity index (χ3v) is 4.89. The lowest BCUT2D eigenvalue weighted by atomic mass is 10.1. The highest BCUT2D eigenvalue weighted by molar-refractivity contribution is 7.99. The molecule has 0 saturated heterocycles. The first-order valence-corrected chi connectivity index (χ1v) is 8.83. The Hall–Kier alpha value is -2.60. The van der Waals surface area contributed by atoms with Crippen molar-refractivity contribution in [2.24, 2.45) is 7.05 Å². The molecule has 0 bridgehead atoms. The SMILES string of the molecule is COc1cccc(-c2nnc(SCC(=O)c3ccc(C)cc3)n2C)c1. The Balaban J connectivity index is 1.73. The topological polar surface area (TPSA) is 57.0 Å². The van der Waals surface area contributed by atoms with Crippen molar-refractivity contribution in [2.45, 2.75) is 12.1 Å². The van der Waals surface area contributed by atoms with Gasteiger partial charge in [-0.1, -0.05) is 53.7 Å². The Morgan fingerprint density at radius 2 is 1.92 bits per heavy atom. The molecule has 6 heteroatoms. The molecule has 0 aliphatic rings. The van der Waals surface area contributed by atoms with Gasteiger partial charge in [-0.05, 0) is 19.1 Å². The predicted octanol–water partition coefficient (Wildman–Crippen LogP) is 3.77. The van der Waals surface area contributed by atoms with Gasteiger partial charge in [-0.15, -0.1) is 10.2 Å². The van der Waals surface area contributed by atoms with Crippen LogP contribution in [0.1, 0.15) is 15.9 Å². The van der Waals surface area contributed by atoms with Crippen LogP contribution >= 0.6 is 11.8 Å². The van der Waals surface area contributed by atoms with Crippen molar-refractivity contribution >= 4 is 17.5 Å². The van der Waals surface area contributed by atoms with E-state index in [2.05, 4.69) is 10.2 Å². The summed E-state index contributed by atoms with van der Waals surface area (Å²) in [7, 11) is 3.53. The van der Waals surface area contributed by atoms with Gasteiger partial charge in [0.05, 0.1) is 12.9 Å². The standard InChI is InChI=1S/C19H19N3O2S/c1-13-7-9-14(10-8-13)17(23)12-25-19-21-20-18(22(19)2)15-5-4-6-16(11-15)24-3/h4-11H,12H2,1-3H3. The Morgan fingerprint density at radius 3 is 2.64 bits per heavy atom. The molecule has 0 aliphatic carbocycles. The lowest BCUT2D eigenvalue weighted by Crippen LogP contribution is -2.04. The van der Waals surface area contributed by atoms with Gasteiger partial charge < -0.3 is 9.30 Å². The normalized spacial score (nSPS) is 10.7. The summed E-state index contributed by atoms with van der Waals surface area (Å²) in [6.07, 6.45) is 0. The van der Waals surface area contributed by atoms with Gasteiger partial charge in [0.1, 0.15) is 5.75 Å². The summed E-state index contributed by atoms with van der Waals surface area (Å²) in [6, 6.07) is 15.3. The minimum atomic E-state index is 0.0796. The van der Waals surface area contributed by atoms with Crippen molar-refractivity contribution in [3.63, 3.8) is 0 Å². The fraction of sp³-hybridized carbons (Fsp3) is 0.211. The fourth-order valence-corrected chi connectivity index (χ4v) is 3.21. The smallest absolute Gasteiger partial charge is 0.191 e. The molecule has 0 aliphatic heterocycles. The lowest BCUT2D eigenvalue weighted by Gasteiger charge is -2.05. The van der Waals surface area contributed by atoms with Gasteiger partial charge in [-0.2, -0.15) is 0 Å². The van der Waals surface area contributed by atoms with Crippen molar-refractivity contribution in [1.29, 1.82) is 0 Å². The molecule has 0 fully saturated rings. The predicted molar refractivity (Wildman–Crippen MR) is 99.2 cm³/mol. The van der Waals surface area contributed by atoms with Crippen LogP contribution in [0.2, 0.25) is 0 Å². The monoisotopic (exact) mass is 353 g/mol. The second-order valence-corrected chi connectivity index (χ2v) is 6.62. The van der Waals surface area contributed by atoms with E-state index < -0.39 is 0 Å². The number of aryl methyl sites for hydroxylation is 1. The molecule has 1 heterocycles. The quantitative estimate of drug-likeness (QED) is 0.499. The summed E-state index contributed by atoms with van der Waals surface area (Å²) >= 11 is 1.39. The summed E-state index contributed by atoms with van der Waals surface area (Å²) in [5.74, 6) is 1.91. The average Bonchev–Trinajstić information content (AvgIpc) is 3.01. The molecule has 2 aromatic carbocycles. The molecule has 3 aromatic rings. The molecule has 1 aromatic heterocycles. The molecular weight excluding hydrogens is 334 g/mol. The number of aromatic nitrogens is 3. The van der Waals surface area contributed by atoms with E-state index in [1.54, 1.807) is 7.11 Å². The third-order valence-electron chi connectivity index (χ3n) is 3.87. The lowest BCUT2D eigenvalue weighted by molar-refractivity contribution is 0.102. The molecule has 0 unspecified atom stereocenters. The number of Topliss-reactive ketones (excluding diaryl/α,β-unsaturated/α-hetero) is 1. The summed E-state index contributed by atoms with van der Waals surface area (Å²) < 4.78 is 7.14. The van der Waals surface area contributed by atoms with E-state index in [0.717, 1.165) is 22.7 Å². The Bertz CT molecular complexity index is 888. The number of rotatable bonds is 6. The minimum absolute atomic E-state index is 0.0796. The molecule has 0 saturated carbocycles. The molecule has 25 heavy (non-hydrogen) atoms. The summed E-state index contributed by atoms with van der Waals surface area (Å²) in [5.41, 5.74) is 2.78. The van der Waals surface area contributed by atoms with Crippen LogP contribution in [-0.4, -0.2) is 33.4 Å². The van der Waals surface area contributed by atoms with E-state index in [1.807, 2.05) is 67.1 Å². The molecule has 0 radical (unpaired) electrons. The van der Waals surface area contributed by atoms with Crippen LogP contribution in [0.25, 0.3) is 11.4 Å². The van der Waals surface area contributed by atoms with Gasteiger partial charge in [0.25, 0.3) is 0 Å². The third kappa shape index (κ3) is 3.91. The maximum atomic E-state index is 12.3. The highest BCUT2D eigenvalue weighted by Gasteiger charge is 2.14. The van der Waals surface area contributed by atoms with Crippen LogP contribution in [0, 0.1) is 6.92 Å². The number of hydrogen-bond acceptors (Lipinski definition) is 5. The number of ether oxygens (including phenoxy) is 1. The van der Waals surface area contributed by atoms with E-state index in [0.29, 0.717) is 16.5 Å². The number of thioether (sulfide) groups is 1. The fourth-order valence-electron chi connectivity index (χ4n) is 2.41. The van der Waals surface area contributed by atoms with E-state index >= 15 is 0 Å². The highest BCUT2D eigenvalue weighted by Crippen LogP contribution is 2.25. The summed E-state index contributed by atoms with van der Waals surface area (Å²) in [4.78, 5) is 12.3. The van der Waals surface area contributed by atoms with E-state index in [4.69, 9.17) is 4.74 Å². The zero-order chi connectivity index (χ0) is 17.8. The zero-order valence-electron chi connectivity index (χ0n) is 14.4. The Kier molecular flexibility index (Phi) is 5.19. The minimum Gasteiger partial charge on any atom is -0.497 e. The largest absolute Gasteiger partial charge is 0.497 e. The number of carbonyl (C=O) groups excluding carboxylic acids is 1. The number of ketones is 1. The number of nitrogens with zero attached hydrogens (tertiary/aromatic N) is 3. The first-order valence-electron chi connectivity index (χ1n) is 7.85. The molecular formula is C19H19N3O2S. The van der Waals surface area contributed by atoms with Crippen molar-refractivity contribution in [1.82, 2.24) is 14.8 Å². The zero-order valence-corrected chi connectivity index (χ0v) is 15.2. The second-order valence-electron chi connectivity index (χ2n) is 5.68. The van der Waals surface area contributed by atoms with Gasteiger partial charge in [0.2, 0.25) is 0 Å². The maximum absolute atomic E-state index is 12.3. The molecule has 3 rings (SSSR count).